The minimum atomic E-state index is -3.11. The molecule has 3 N–H and O–H groups in total. The molecule has 0 atom stereocenters. The van der Waals surface area contributed by atoms with E-state index in [-0.39, 0.29) is 5.75 Å². The number of hydrogen-bond acceptors (Lipinski definition) is 3. The molecule has 4 nitrogen and oxygen atoms in total. The van der Waals surface area contributed by atoms with Crippen molar-refractivity contribution in [3.8, 4) is 0 Å². The molecular weight excluding hydrogens is 260 g/mol. The molecule has 1 saturated carbocycles. The molecule has 0 aromatic heterocycles. The molecule has 0 spiro atoms. The van der Waals surface area contributed by atoms with E-state index in [2.05, 4.69) is 4.72 Å². The molecule has 2 rings (SSSR count). The van der Waals surface area contributed by atoms with Crippen molar-refractivity contribution in [3.63, 3.8) is 0 Å². The Bertz CT molecular complexity index is 493. The standard InChI is InChI=1S/C14H22N2O2S/c15-14-6-4-13(5-7-14)8-10-16-19(17,18)11-9-12-2-1-3-12/h4-7,12,16H,1-3,8-11,15H2. The van der Waals surface area contributed by atoms with Crippen molar-refractivity contribution in [2.24, 2.45) is 5.92 Å². The third kappa shape index (κ3) is 4.84. The zero-order valence-corrected chi connectivity index (χ0v) is 12.0. The quantitative estimate of drug-likeness (QED) is 0.750. The summed E-state index contributed by atoms with van der Waals surface area (Å²) in [6.45, 7) is 0.455. The summed E-state index contributed by atoms with van der Waals surface area (Å²) < 4.78 is 26.2. The van der Waals surface area contributed by atoms with E-state index in [1.54, 1.807) is 0 Å². The van der Waals surface area contributed by atoms with Crippen molar-refractivity contribution in [3.05, 3.63) is 29.8 Å². The number of sulfonamides is 1. The predicted molar refractivity (Wildman–Crippen MR) is 78.3 cm³/mol. The molecule has 0 radical (unpaired) electrons. The summed E-state index contributed by atoms with van der Waals surface area (Å²) in [7, 11) is -3.11. The van der Waals surface area contributed by atoms with Crippen LogP contribution in [0.4, 0.5) is 5.69 Å². The van der Waals surface area contributed by atoms with E-state index in [0.717, 1.165) is 17.7 Å². The van der Waals surface area contributed by atoms with Gasteiger partial charge in [-0.2, -0.15) is 0 Å². The summed E-state index contributed by atoms with van der Waals surface area (Å²) in [5, 5.41) is 0. The second-order valence-corrected chi connectivity index (χ2v) is 7.22. The molecule has 0 aliphatic heterocycles. The summed E-state index contributed by atoms with van der Waals surface area (Å²) in [5.74, 6) is 0.896. The Morgan fingerprint density at radius 1 is 1.21 bits per heavy atom. The van der Waals surface area contributed by atoms with Gasteiger partial charge in [-0.15, -0.1) is 0 Å². The lowest BCUT2D eigenvalue weighted by molar-refractivity contribution is 0.307. The predicted octanol–water partition coefficient (Wildman–Crippen LogP) is 1.92. The van der Waals surface area contributed by atoms with E-state index in [1.165, 1.54) is 19.3 Å². The summed E-state index contributed by atoms with van der Waals surface area (Å²) in [5.41, 5.74) is 7.42. The molecule has 0 heterocycles. The normalized spacial score (nSPS) is 16.2. The Hall–Kier alpha value is -1.07. The van der Waals surface area contributed by atoms with Crippen LogP contribution in [-0.2, 0) is 16.4 Å². The fourth-order valence-corrected chi connectivity index (χ4v) is 3.41. The lowest BCUT2D eigenvalue weighted by Gasteiger charge is -2.24. The highest BCUT2D eigenvalue weighted by molar-refractivity contribution is 7.89. The first-order valence-corrected chi connectivity index (χ1v) is 8.52. The number of benzene rings is 1. The highest BCUT2D eigenvalue weighted by Crippen LogP contribution is 2.29. The van der Waals surface area contributed by atoms with Gasteiger partial charge in [0, 0.05) is 12.2 Å². The Labute approximate surface area is 115 Å². The molecule has 1 aliphatic carbocycles. The Kier molecular flexibility index (Phi) is 4.82. The van der Waals surface area contributed by atoms with Crippen LogP contribution in [0.2, 0.25) is 0 Å². The highest BCUT2D eigenvalue weighted by atomic mass is 32.2. The molecule has 1 fully saturated rings. The average Bonchev–Trinajstić information content (AvgIpc) is 2.29. The largest absolute Gasteiger partial charge is 0.399 e. The number of rotatable bonds is 7. The van der Waals surface area contributed by atoms with Gasteiger partial charge in [0.25, 0.3) is 0 Å². The number of nitrogen functional groups attached to an aromatic ring is 1. The van der Waals surface area contributed by atoms with E-state index in [1.807, 2.05) is 24.3 Å². The van der Waals surface area contributed by atoms with Gasteiger partial charge in [0.15, 0.2) is 0 Å². The Morgan fingerprint density at radius 2 is 1.89 bits per heavy atom. The van der Waals surface area contributed by atoms with Gasteiger partial charge in [-0.25, -0.2) is 13.1 Å². The van der Waals surface area contributed by atoms with Crippen LogP contribution in [0.25, 0.3) is 0 Å². The first-order chi connectivity index (χ1) is 9.05. The van der Waals surface area contributed by atoms with Gasteiger partial charge in [0.2, 0.25) is 10.0 Å². The molecule has 106 valence electrons. The van der Waals surface area contributed by atoms with E-state index in [0.29, 0.717) is 18.9 Å². The van der Waals surface area contributed by atoms with Gasteiger partial charge in [-0.3, -0.25) is 0 Å². The lowest BCUT2D eigenvalue weighted by atomic mass is 9.84. The summed E-state index contributed by atoms with van der Waals surface area (Å²) in [4.78, 5) is 0. The van der Waals surface area contributed by atoms with Crippen molar-refractivity contribution in [1.29, 1.82) is 0 Å². The summed E-state index contributed by atoms with van der Waals surface area (Å²) in [6, 6.07) is 7.52. The van der Waals surface area contributed by atoms with Crippen LogP contribution >= 0.6 is 0 Å². The molecule has 1 aliphatic rings. The number of anilines is 1. The maximum atomic E-state index is 11.8. The SMILES string of the molecule is Nc1ccc(CCNS(=O)(=O)CCC2CCC2)cc1. The van der Waals surface area contributed by atoms with Gasteiger partial charge in [0.1, 0.15) is 0 Å². The summed E-state index contributed by atoms with van der Waals surface area (Å²) in [6.07, 6.45) is 5.15. The molecule has 0 unspecified atom stereocenters. The topological polar surface area (TPSA) is 72.2 Å². The number of hydrogen-bond donors (Lipinski definition) is 2. The van der Waals surface area contributed by atoms with Crippen molar-refractivity contribution >= 4 is 15.7 Å². The molecule has 19 heavy (non-hydrogen) atoms. The molecular formula is C14H22N2O2S. The third-order valence-electron chi connectivity index (χ3n) is 3.73. The van der Waals surface area contributed by atoms with E-state index in [9.17, 15) is 8.42 Å². The van der Waals surface area contributed by atoms with Gasteiger partial charge in [-0.05, 0) is 36.5 Å². The maximum absolute atomic E-state index is 11.8. The monoisotopic (exact) mass is 282 g/mol. The molecule has 1 aromatic carbocycles. The van der Waals surface area contributed by atoms with Crippen molar-refractivity contribution in [2.75, 3.05) is 18.0 Å². The van der Waals surface area contributed by atoms with Gasteiger partial charge in [-0.1, -0.05) is 31.4 Å². The van der Waals surface area contributed by atoms with Crippen LogP contribution < -0.4 is 10.5 Å². The zero-order valence-electron chi connectivity index (χ0n) is 11.1. The first kappa shape index (κ1) is 14.3. The molecule has 0 saturated heterocycles. The maximum Gasteiger partial charge on any atom is 0.211 e. The first-order valence-electron chi connectivity index (χ1n) is 6.87. The van der Waals surface area contributed by atoms with Crippen molar-refractivity contribution in [2.45, 2.75) is 32.1 Å². The van der Waals surface area contributed by atoms with Crippen LogP contribution in [0.5, 0.6) is 0 Å². The van der Waals surface area contributed by atoms with E-state index < -0.39 is 10.0 Å². The van der Waals surface area contributed by atoms with Crippen LogP contribution in [0.15, 0.2) is 24.3 Å². The minimum Gasteiger partial charge on any atom is -0.399 e. The zero-order chi connectivity index (χ0) is 13.7. The van der Waals surface area contributed by atoms with E-state index >= 15 is 0 Å². The average molecular weight is 282 g/mol. The van der Waals surface area contributed by atoms with Gasteiger partial charge in [0.05, 0.1) is 5.75 Å². The second kappa shape index (κ2) is 6.39. The van der Waals surface area contributed by atoms with Crippen LogP contribution in [0, 0.1) is 5.92 Å². The lowest BCUT2D eigenvalue weighted by Crippen LogP contribution is -2.30. The Morgan fingerprint density at radius 3 is 2.47 bits per heavy atom. The third-order valence-corrected chi connectivity index (χ3v) is 5.15. The molecule has 0 bridgehead atoms. The fourth-order valence-electron chi connectivity index (χ4n) is 2.21. The number of nitrogens with one attached hydrogen (secondary N) is 1. The second-order valence-electron chi connectivity index (χ2n) is 5.29. The minimum absolute atomic E-state index is 0.263. The highest BCUT2D eigenvalue weighted by Gasteiger charge is 2.20. The molecule has 1 aromatic rings. The van der Waals surface area contributed by atoms with Gasteiger partial charge < -0.3 is 5.73 Å². The van der Waals surface area contributed by atoms with Crippen molar-refractivity contribution in [1.82, 2.24) is 4.72 Å². The summed E-state index contributed by atoms with van der Waals surface area (Å²) >= 11 is 0. The van der Waals surface area contributed by atoms with Crippen LogP contribution in [0.3, 0.4) is 0 Å². The number of nitrogens with two attached hydrogens (primary N) is 1. The molecule has 0 amide bonds. The smallest absolute Gasteiger partial charge is 0.211 e. The van der Waals surface area contributed by atoms with E-state index in [4.69, 9.17) is 5.73 Å². The van der Waals surface area contributed by atoms with Gasteiger partial charge >= 0.3 is 0 Å². The fraction of sp³-hybridized carbons (Fsp3) is 0.571. The van der Waals surface area contributed by atoms with Crippen molar-refractivity contribution < 1.29 is 8.42 Å². The molecule has 5 heteroatoms. The van der Waals surface area contributed by atoms with Crippen LogP contribution in [0.1, 0.15) is 31.2 Å². The van der Waals surface area contributed by atoms with Crippen LogP contribution in [-0.4, -0.2) is 20.7 Å². The Balaban J connectivity index is 1.69.